The van der Waals surface area contributed by atoms with E-state index in [-0.39, 0.29) is 5.91 Å². The Morgan fingerprint density at radius 2 is 2.00 bits per heavy atom. The van der Waals surface area contributed by atoms with E-state index in [0.717, 1.165) is 16.8 Å². The Kier molecular flexibility index (Phi) is 6.92. The zero-order valence-corrected chi connectivity index (χ0v) is 16.4. The summed E-state index contributed by atoms with van der Waals surface area (Å²) in [7, 11) is 1.60. The van der Waals surface area contributed by atoms with Crippen LogP contribution in [0.4, 0.5) is 5.69 Å². The molecule has 0 spiro atoms. The van der Waals surface area contributed by atoms with E-state index >= 15 is 0 Å². The third kappa shape index (κ3) is 5.50. The van der Waals surface area contributed by atoms with E-state index < -0.39 is 0 Å². The van der Waals surface area contributed by atoms with Crippen LogP contribution in [-0.4, -0.2) is 29.3 Å². The van der Waals surface area contributed by atoms with Crippen molar-refractivity contribution in [2.24, 2.45) is 0 Å². The van der Waals surface area contributed by atoms with Crippen LogP contribution in [0.3, 0.4) is 0 Å². The minimum absolute atomic E-state index is 0.0256. The van der Waals surface area contributed by atoms with Gasteiger partial charge in [0.25, 0.3) is 0 Å². The molecule has 0 unspecified atom stereocenters. The van der Waals surface area contributed by atoms with Crippen molar-refractivity contribution in [3.8, 4) is 5.75 Å². The number of hydrogen-bond acceptors (Lipinski definition) is 4. The Balaban J connectivity index is 1.49. The van der Waals surface area contributed by atoms with Crippen LogP contribution in [0.2, 0.25) is 5.02 Å². The van der Waals surface area contributed by atoms with Crippen molar-refractivity contribution in [1.82, 2.24) is 15.1 Å². The summed E-state index contributed by atoms with van der Waals surface area (Å²) in [4.78, 5) is 12.2. The first-order chi connectivity index (χ1) is 13.7. The first-order valence-corrected chi connectivity index (χ1v) is 9.42. The molecule has 0 aliphatic heterocycles. The summed E-state index contributed by atoms with van der Waals surface area (Å²) in [5.74, 6) is 0.666. The van der Waals surface area contributed by atoms with Gasteiger partial charge in [0.15, 0.2) is 0 Å². The number of amides is 1. The topological polar surface area (TPSA) is 68.2 Å². The quantitative estimate of drug-likeness (QED) is 0.576. The number of rotatable bonds is 9. The van der Waals surface area contributed by atoms with Gasteiger partial charge in [0.05, 0.1) is 19.3 Å². The average molecular weight is 399 g/mol. The summed E-state index contributed by atoms with van der Waals surface area (Å²) in [6, 6.07) is 15.3. The van der Waals surface area contributed by atoms with Gasteiger partial charge >= 0.3 is 0 Å². The fourth-order valence-corrected chi connectivity index (χ4v) is 3.04. The highest BCUT2D eigenvalue weighted by molar-refractivity contribution is 6.30. The third-order valence-electron chi connectivity index (χ3n) is 4.31. The van der Waals surface area contributed by atoms with Gasteiger partial charge < -0.3 is 15.4 Å². The molecule has 0 aliphatic rings. The van der Waals surface area contributed by atoms with Gasteiger partial charge in [-0.3, -0.25) is 9.48 Å². The van der Waals surface area contributed by atoms with Crippen molar-refractivity contribution in [2.45, 2.75) is 19.5 Å². The second-order valence-corrected chi connectivity index (χ2v) is 6.71. The summed E-state index contributed by atoms with van der Waals surface area (Å²) in [5, 5.41) is 11.0. The van der Waals surface area contributed by atoms with Crippen LogP contribution in [0.15, 0.2) is 60.9 Å². The molecule has 0 saturated carbocycles. The molecule has 3 aromatic rings. The van der Waals surface area contributed by atoms with E-state index in [4.69, 9.17) is 16.3 Å². The standard InChI is InChI=1S/C21H23ClN4O2/c1-28-20-8-7-18(22)13-19(20)23-11-9-21(27)24-14-16-5-2-3-6-17(16)15-26-12-4-10-25-26/h2-8,10,12-13,23H,9,11,14-15H2,1H3,(H,24,27). The van der Waals surface area contributed by atoms with Crippen LogP contribution in [-0.2, 0) is 17.9 Å². The van der Waals surface area contributed by atoms with Gasteiger partial charge in [0.1, 0.15) is 5.75 Å². The van der Waals surface area contributed by atoms with Crippen molar-refractivity contribution in [3.63, 3.8) is 0 Å². The third-order valence-corrected chi connectivity index (χ3v) is 4.55. The number of nitrogens with one attached hydrogen (secondary N) is 2. The van der Waals surface area contributed by atoms with E-state index in [1.165, 1.54) is 0 Å². The lowest BCUT2D eigenvalue weighted by atomic mass is 10.1. The maximum Gasteiger partial charge on any atom is 0.222 e. The normalized spacial score (nSPS) is 10.5. The van der Waals surface area contributed by atoms with Crippen molar-refractivity contribution in [2.75, 3.05) is 19.0 Å². The Morgan fingerprint density at radius 3 is 2.75 bits per heavy atom. The van der Waals surface area contributed by atoms with Gasteiger partial charge in [-0.05, 0) is 35.4 Å². The largest absolute Gasteiger partial charge is 0.495 e. The van der Waals surface area contributed by atoms with Gasteiger partial charge in [-0.2, -0.15) is 5.10 Å². The molecule has 0 saturated heterocycles. The Labute approximate surface area is 169 Å². The van der Waals surface area contributed by atoms with E-state index in [0.29, 0.717) is 36.8 Å². The minimum Gasteiger partial charge on any atom is -0.495 e. The molecule has 28 heavy (non-hydrogen) atoms. The highest BCUT2D eigenvalue weighted by Crippen LogP contribution is 2.27. The van der Waals surface area contributed by atoms with Gasteiger partial charge in [0.2, 0.25) is 5.91 Å². The summed E-state index contributed by atoms with van der Waals surface area (Å²) in [5.41, 5.74) is 2.98. The van der Waals surface area contributed by atoms with E-state index in [2.05, 4.69) is 21.8 Å². The molecule has 146 valence electrons. The number of halogens is 1. The SMILES string of the molecule is COc1ccc(Cl)cc1NCCC(=O)NCc1ccccc1Cn1cccn1. The molecule has 3 rings (SSSR count). The second kappa shape index (κ2) is 9.80. The van der Waals surface area contributed by atoms with Crippen LogP contribution < -0.4 is 15.4 Å². The number of nitrogens with zero attached hydrogens (tertiary/aromatic N) is 2. The zero-order chi connectivity index (χ0) is 19.8. The second-order valence-electron chi connectivity index (χ2n) is 6.27. The Morgan fingerprint density at radius 1 is 1.18 bits per heavy atom. The average Bonchev–Trinajstić information content (AvgIpc) is 3.21. The maximum atomic E-state index is 12.2. The number of hydrogen-bond donors (Lipinski definition) is 2. The van der Waals surface area contributed by atoms with Gasteiger partial charge in [0, 0.05) is 36.9 Å². The van der Waals surface area contributed by atoms with Crippen LogP contribution in [0.1, 0.15) is 17.5 Å². The molecule has 1 aromatic heterocycles. The molecular weight excluding hydrogens is 376 g/mol. The van der Waals surface area contributed by atoms with Gasteiger partial charge in [-0.15, -0.1) is 0 Å². The molecule has 1 heterocycles. The number of ether oxygens (including phenoxy) is 1. The lowest BCUT2D eigenvalue weighted by Crippen LogP contribution is -2.25. The number of anilines is 1. The van der Waals surface area contributed by atoms with Gasteiger partial charge in [-0.1, -0.05) is 35.9 Å². The first kappa shape index (κ1) is 19.8. The molecule has 0 bridgehead atoms. The molecule has 0 radical (unpaired) electrons. The predicted octanol–water partition coefficient (Wildman–Crippen LogP) is 3.71. The zero-order valence-electron chi connectivity index (χ0n) is 15.7. The number of aromatic nitrogens is 2. The molecule has 1 amide bonds. The highest BCUT2D eigenvalue weighted by atomic mass is 35.5. The molecular formula is C21H23ClN4O2. The summed E-state index contributed by atoms with van der Waals surface area (Å²) < 4.78 is 7.15. The van der Waals surface area contributed by atoms with Crippen molar-refractivity contribution < 1.29 is 9.53 Å². The fourth-order valence-electron chi connectivity index (χ4n) is 2.86. The number of methoxy groups -OCH3 is 1. The van der Waals surface area contributed by atoms with Gasteiger partial charge in [-0.25, -0.2) is 0 Å². The maximum absolute atomic E-state index is 12.2. The molecule has 6 nitrogen and oxygen atoms in total. The molecule has 0 atom stereocenters. The Hall–Kier alpha value is -2.99. The minimum atomic E-state index is -0.0256. The van der Waals surface area contributed by atoms with Crippen LogP contribution >= 0.6 is 11.6 Å². The number of carbonyl (C=O) groups is 1. The molecule has 0 fully saturated rings. The van der Waals surface area contributed by atoms with Crippen molar-refractivity contribution in [1.29, 1.82) is 0 Å². The van der Waals surface area contributed by atoms with E-state index in [1.54, 1.807) is 31.5 Å². The summed E-state index contributed by atoms with van der Waals surface area (Å²) in [6.07, 6.45) is 4.02. The lowest BCUT2D eigenvalue weighted by molar-refractivity contribution is -0.121. The van der Waals surface area contributed by atoms with Crippen LogP contribution in [0.5, 0.6) is 5.75 Å². The number of carbonyl (C=O) groups excluding carboxylic acids is 1. The van der Waals surface area contributed by atoms with E-state index in [1.807, 2.05) is 35.1 Å². The summed E-state index contributed by atoms with van der Waals surface area (Å²) in [6.45, 7) is 1.64. The van der Waals surface area contributed by atoms with E-state index in [9.17, 15) is 4.79 Å². The molecule has 2 N–H and O–H groups in total. The van der Waals surface area contributed by atoms with Crippen LogP contribution in [0.25, 0.3) is 0 Å². The first-order valence-electron chi connectivity index (χ1n) is 9.04. The number of benzene rings is 2. The van der Waals surface area contributed by atoms with Crippen molar-refractivity contribution in [3.05, 3.63) is 77.1 Å². The Bertz CT molecular complexity index is 913. The lowest BCUT2D eigenvalue weighted by Gasteiger charge is -2.13. The molecule has 2 aromatic carbocycles. The predicted molar refractivity (Wildman–Crippen MR) is 111 cm³/mol. The highest BCUT2D eigenvalue weighted by Gasteiger charge is 2.07. The van der Waals surface area contributed by atoms with Crippen LogP contribution in [0, 0.1) is 0 Å². The van der Waals surface area contributed by atoms with Crippen molar-refractivity contribution >= 4 is 23.2 Å². The summed E-state index contributed by atoms with van der Waals surface area (Å²) >= 11 is 6.02. The smallest absolute Gasteiger partial charge is 0.222 e. The molecule has 0 aliphatic carbocycles. The monoisotopic (exact) mass is 398 g/mol. The fraction of sp³-hybridized carbons (Fsp3) is 0.238. The molecule has 7 heteroatoms.